The molecule has 4 aliphatic rings. The van der Waals surface area contributed by atoms with Crippen molar-refractivity contribution in [3.8, 4) is 29.4 Å². The second-order valence-corrected chi connectivity index (χ2v) is 17.1. The molecular weight excluding hydrogens is 794 g/mol. The highest BCUT2D eigenvalue weighted by Crippen LogP contribution is 2.40. The van der Waals surface area contributed by atoms with Crippen molar-refractivity contribution in [2.24, 2.45) is 0 Å². The average molecular weight is 843 g/mol. The summed E-state index contributed by atoms with van der Waals surface area (Å²) in [5, 5.41) is 4.10. The van der Waals surface area contributed by atoms with Crippen molar-refractivity contribution < 1.29 is 37.0 Å². The molecule has 3 aromatic rings. The van der Waals surface area contributed by atoms with Crippen molar-refractivity contribution in [3.05, 3.63) is 70.4 Å². The lowest BCUT2D eigenvalue weighted by Gasteiger charge is -2.34. The van der Waals surface area contributed by atoms with Crippen LogP contribution in [-0.4, -0.2) is 114 Å². The van der Waals surface area contributed by atoms with Gasteiger partial charge in [0.1, 0.15) is 35.9 Å². The van der Waals surface area contributed by atoms with Gasteiger partial charge in [-0.15, -0.1) is 6.42 Å². The van der Waals surface area contributed by atoms with Gasteiger partial charge in [-0.05, 0) is 75.2 Å². The molecule has 2 unspecified atom stereocenters. The zero-order valence-electron chi connectivity index (χ0n) is 32.8. The molecule has 58 heavy (non-hydrogen) atoms. The van der Waals surface area contributed by atoms with Crippen LogP contribution in [0.1, 0.15) is 51.5 Å². The molecule has 312 valence electrons. The first-order valence-electron chi connectivity index (χ1n) is 19.0. The number of H-pyrrole nitrogens is 1. The van der Waals surface area contributed by atoms with Gasteiger partial charge in [0, 0.05) is 86.1 Å². The van der Waals surface area contributed by atoms with Crippen molar-refractivity contribution in [1.82, 2.24) is 25.2 Å². The molecule has 5 heterocycles. The maximum Gasteiger partial charge on any atom is 0.346 e. The molecule has 4 aliphatic heterocycles. The van der Waals surface area contributed by atoms with Crippen molar-refractivity contribution in [1.29, 1.82) is 0 Å². The molecule has 17 heteroatoms. The van der Waals surface area contributed by atoms with Gasteiger partial charge in [-0.1, -0.05) is 33.6 Å². The standard InChI is InChI=1S/C26H21F2N5O3.C8H14FN.C7H14O3S2/c1-2-19-21(27)7-4-15-10-18(36-14-34)11-20(22(15)19)24-23(28)25(32-26(35)30-9-3-8-29-24)33-12-16-5-6-17(13-33)31-16;1-8-3-2-4-10(8)6-7(9)5-8;1-7(8)10-4-6-12-11-5-3-9-2/h1,3-4,7-11,14,16-17,31H,5-6,12-13H2,(H,30,32,35);7H,2-6H2,1H3;3-6H2,1-2H3/t;7-,8+;/m.1./s1. The number of anilines is 1. The summed E-state index contributed by atoms with van der Waals surface area (Å²) in [4.78, 5) is 48.5. The van der Waals surface area contributed by atoms with Crippen LogP contribution in [0, 0.1) is 24.0 Å². The number of fused-ring (bicyclic) bond motifs is 4. The summed E-state index contributed by atoms with van der Waals surface area (Å²) in [7, 11) is 5.11. The molecule has 4 saturated heterocycles. The average Bonchev–Trinajstić information content (AvgIpc) is 3.82. The van der Waals surface area contributed by atoms with E-state index < -0.39 is 23.5 Å². The molecule has 0 saturated carbocycles. The Morgan fingerprint density at radius 3 is 2.50 bits per heavy atom. The Balaban J connectivity index is 0.000000236. The molecule has 2 bridgehead atoms. The first-order valence-corrected chi connectivity index (χ1v) is 21.5. The maximum atomic E-state index is 16.5. The number of carbonyl (C=O) groups is 2. The Bertz CT molecular complexity index is 2060. The fourth-order valence-electron chi connectivity index (χ4n) is 7.73. The van der Waals surface area contributed by atoms with Gasteiger partial charge in [-0.2, -0.15) is 0 Å². The van der Waals surface area contributed by atoms with Crippen LogP contribution >= 0.6 is 21.6 Å². The number of rotatable bonds is 11. The summed E-state index contributed by atoms with van der Waals surface area (Å²) in [6.07, 6.45) is 12.7. The molecule has 12 nitrogen and oxygen atoms in total. The van der Waals surface area contributed by atoms with Crippen LogP contribution < -0.4 is 20.6 Å². The number of hydrogen-bond acceptors (Lipinski definition) is 13. The molecule has 0 aliphatic carbocycles. The number of hydrogen-bond donors (Lipinski definition) is 2. The van der Waals surface area contributed by atoms with E-state index in [9.17, 15) is 23.2 Å². The number of ether oxygens (including phenoxy) is 3. The van der Waals surface area contributed by atoms with E-state index in [2.05, 4.69) is 38.0 Å². The Morgan fingerprint density at radius 2 is 1.83 bits per heavy atom. The molecule has 4 fully saturated rings. The quantitative estimate of drug-likeness (QED) is 0.0768. The van der Waals surface area contributed by atoms with Crippen LogP contribution in [0.5, 0.6) is 5.75 Å². The molecule has 0 radical (unpaired) electrons. The summed E-state index contributed by atoms with van der Waals surface area (Å²) in [5.74, 6) is 2.39. The van der Waals surface area contributed by atoms with E-state index in [1.807, 2.05) is 0 Å². The Labute approximate surface area is 344 Å². The maximum absolute atomic E-state index is 16.5. The van der Waals surface area contributed by atoms with Crippen LogP contribution in [0.4, 0.5) is 19.0 Å². The fraction of sp³-hybridized carbons (Fsp3) is 0.488. The van der Waals surface area contributed by atoms with E-state index in [0.29, 0.717) is 31.6 Å². The number of benzene rings is 2. The predicted molar refractivity (Wildman–Crippen MR) is 222 cm³/mol. The predicted octanol–water partition coefficient (Wildman–Crippen LogP) is 6.00. The Kier molecular flexibility index (Phi) is 16.7. The van der Waals surface area contributed by atoms with Crippen molar-refractivity contribution >= 4 is 50.6 Å². The lowest BCUT2D eigenvalue weighted by Crippen LogP contribution is -2.51. The number of aromatic nitrogens is 3. The number of halogens is 3. The molecular formula is C41H49F3N6O6S2. The van der Waals surface area contributed by atoms with Gasteiger partial charge in [-0.3, -0.25) is 24.5 Å². The van der Waals surface area contributed by atoms with E-state index >= 15 is 4.39 Å². The number of nitrogens with one attached hydrogen (secondary N) is 2. The van der Waals surface area contributed by atoms with E-state index in [4.69, 9.17) is 20.6 Å². The summed E-state index contributed by atoms with van der Waals surface area (Å²) < 4.78 is 58.7. The Hall–Kier alpha value is -4.34. The van der Waals surface area contributed by atoms with Crippen LogP contribution in [0.3, 0.4) is 0 Å². The van der Waals surface area contributed by atoms with Gasteiger partial charge < -0.3 is 24.4 Å². The van der Waals surface area contributed by atoms with E-state index in [1.165, 1.54) is 62.5 Å². The van der Waals surface area contributed by atoms with Gasteiger partial charge in [0.2, 0.25) is 0 Å². The number of aromatic amines is 1. The first kappa shape index (κ1) is 44.8. The second kappa shape index (κ2) is 21.6. The number of methoxy groups -OCH3 is 1. The van der Waals surface area contributed by atoms with Crippen LogP contribution in [-0.2, 0) is 19.1 Å². The third-order valence-electron chi connectivity index (χ3n) is 10.3. The third kappa shape index (κ3) is 11.9. The van der Waals surface area contributed by atoms with E-state index in [1.54, 1.807) is 33.6 Å². The highest BCUT2D eigenvalue weighted by molar-refractivity contribution is 8.76. The van der Waals surface area contributed by atoms with E-state index in [0.717, 1.165) is 43.9 Å². The largest absolute Gasteiger partial charge is 0.465 e. The number of esters is 1. The molecule has 7 rings (SSSR count). The number of piperazine rings is 1. The second-order valence-electron chi connectivity index (χ2n) is 14.4. The molecule has 0 amide bonds. The summed E-state index contributed by atoms with van der Waals surface area (Å²) >= 11 is 0. The van der Waals surface area contributed by atoms with Gasteiger partial charge in [0.05, 0.1) is 12.2 Å². The number of alkyl halides is 1. The van der Waals surface area contributed by atoms with Crippen LogP contribution in [0.15, 0.2) is 47.5 Å². The SMILES string of the molecule is C#Cc1c(F)ccc2cc(OC=O)cc(-c3ncccnc(=O)[nH]c(N4CC5CCC(C4)N5)c3F)c12.COCCSSCCOC(C)=O.C[C@@]12CCCN1C[C@H](F)C2. The molecule has 2 N–H and O–H groups in total. The lowest BCUT2D eigenvalue weighted by atomic mass is 9.96. The smallest absolute Gasteiger partial charge is 0.346 e. The summed E-state index contributed by atoms with van der Waals surface area (Å²) in [6, 6.07) is 7.15. The lowest BCUT2D eigenvalue weighted by molar-refractivity contribution is -0.140. The van der Waals surface area contributed by atoms with Gasteiger partial charge in [0.15, 0.2) is 5.82 Å². The van der Waals surface area contributed by atoms with Crippen LogP contribution in [0.2, 0.25) is 0 Å². The minimum absolute atomic E-state index is 0.0889. The topological polar surface area (TPSA) is 139 Å². The highest BCUT2D eigenvalue weighted by atomic mass is 33.1. The summed E-state index contributed by atoms with van der Waals surface area (Å²) in [5.41, 5.74) is -0.730. The first-order chi connectivity index (χ1) is 28.0. The van der Waals surface area contributed by atoms with E-state index in [-0.39, 0.29) is 63.8 Å². The van der Waals surface area contributed by atoms with Gasteiger partial charge >= 0.3 is 11.7 Å². The van der Waals surface area contributed by atoms with Gasteiger partial charge in [0.25, 0.3) is 6.47 Å². The highest BCUT2D eigenvalue weighted by Gasteiger charge is 2.44. The van der Waals surface area contributed by atoms with Gasteiger partial charge in [-0.25, -0.2) is 22.9 Å². The molecule has 2 aromatic carbocycles. The van der Waals surface area contributed by atoms with Crippen molar-refractivity contribution in [2.45, 2.75) is 69.7 Å². The fourth-order valence-corrected chi connectivity index (χ4v) is 9.47. The van der Waals surface area contributed by atoms with Crippen LogP contribution in [0.25, 0.3) is 22.0 Å². The Morgan fingerprint density at radius 1 is 1.10 bits per heavy atom. The number of carbonyl (C=O) groups excluding carboxylic acids is 2. The zero-order valence-corrected chi connectivity index (χ0v) is 34.4. The number of terminal acetylenes is 1. The minimum atomic E-state index is -0.858. The third-order valence-corrected chi connectivity index (χ3v) is 12.6. The minimum Gasteiger partial charge on any atom is -0.465 e. The number of nitrogens with zero attached hydrogens (tertiary/aromatic N) is 4. The summed E-state index contributed by atoms with van der Waals surface area (Å²) in [6.45, 7) is 7.86. The van der Waals surface area contributed by atoms with Crippen molar-refractivity contribution in [3.63, 3.8) is 0 Å². The van der Waals surface area contributed by atoms with Crippen molar-refractivity contribution in [2.75, 3.05) is 62.9 Å². The molecule has 4 atom stereocenters. The molecule has 0 spiro atoms. The zero-order chi connectivity index (χ0) is 41.7. The molecule has 1 aromatic heterocycles. The normalized spacial score (nSPS) is 21.7. The monoisotopic (exact) mass is 842 g/mol.